The van der Waals surface area contributed by atoms with Gasteiger partial charge in [0.2, 0.25) is 0 Å². The number of likely N-dealkylation sites (tertiary alicyclic amines) is 1. The molecule has 1 aliphatic carbocycles. The van der Waals surface area contributed by atoms with Gasteiger partial charge in [0.1, 0.15) is 12.4 Å². The van der Waals surface area contributed by atoms with Crippen LogP contribution in [0.15, 0.2) is 24.3 Å². The van der Waals surface area contributed by atoms with Gasteiger partial charge in [0.25, 0.3) is 5.91 Å². The Labute approximate surface area is 163 Å². The Hall–Kier alpha value is -1.59. The fourth-order valence-electron chi connectivity index (χ4n) is 4.29. The summed E-state index contributed by atoms with van der Waals surface area (Å²) in [7, 11) is 1.65. The minimum Gasteiger partial charge on any atom is -0.491 e. The molecule has 1 aromatic carbocycles. The van der Waals surface area contributed by atoms with Gasteiger partial charge < -0.3 is 19.7 Å². The predicted octanol–water partition coefficient (Wildman–Crippen LogP) is 3.49. The van der Waals surface area contributed by atoms with Crippen LogP contribution < -0.4 is 10.1 Å². The molecule has 0 bridgehead atoms. The number of piperidine rings is 1. The Morgan fingerprint density at radius 2 is 1.78 bits per heavy atom. The predicted molar refractivity (Wildman–Crippen MR) is 107 cm³/mol. The van der Waals surface area contributed by atoms with Crippen molar-refractivity contribution in [3.05, 3.63) is 29.8 Å². The van der Waals surface area contributed by atoms with Crippen LogP contribution in [-0.2, 0) is 4.74 Å². The van der Waals surface area contributed by atoms with Gasteiger partial charge in [0, 0.05) is 25.3 Å². The van der Waals surface area contributed by atoms with Crippen LogP contribution in [0.4, 0.5) is 0 Å². The van der Waals surface area contributed by atoms with E-state index >= 15 is 0 Å². The first-order valence-corrected chi connectivity index (χ1v) is 10.5. The highest BCUT2D eigenvalue weighted by atomic mass is 16.5. The number of ether oxygens (including phenoxy) is 2. The van der Waals surface area contributed by atoms with E-state index in [9.17, 15) is 4.79 Å². The number of carbonyl (C=O) groups excluding carboxylic acids is 1. The molecule has 1 saturated carbocycles. The molecule has 5 heteroatoms. The Morgan fingerprint density at radius 1 is 1.04 bits per heavy atom. The summed E-state index contributed by atoms with van der Waals surface area (Å²) in [6, 6.07) is 7.71. The van der Waals surface area contributed by atoms with Crippen LogP contribution in [0, 0.1) is 5.92 Å². The lowest BCUT2D eigenvalue weighted by Crippen LogP contribution is -2.47. The van der Waals surface area contributed by atoms with E-state index in [2.05, 4.69) is 10.2 Å². The first-order chi connectivity index (χ1) is 13.3. The lowest BCUT2D eigenvalue weighted by molar-refractivity contribution is 0.0877. The lowest BCUT2D eigenvalue weighted by atomic mass is 9.83. The average Bonchev–Trinajstić information content (AvgIpc) is 2.71. The minimum atomic E-state index is 0.0361. The van der Waals surface area contributed by atoms with Crippen LogP contribution in [0.3, 0.4) is 0 Å². The smallest absolute Gasteiger partial charge is 0.251 e. The van der Waals surface area contributed by atoms with Gasteiger partial charge in [-0.15, -0.1) is 0 Å². The Bertz CT molecular complexity index is 569. The number of nitrogens with one attached hydrogen (secondary N) is 1. The minimum absolute atomic E-state index is 0.0361. The zero-order valence-electron chi connectivity index (χ0n) is 16.6. The Kier molecular flexibility index (Phi) is 7.96. The second-order valence-electron chi connectivity index (χ2n) is 7.85. The van der Waals surface area contributed by atoms with Gasteiger partial charge in [-0.2, -0.15) is 0 Å². The number of rotatable bonds is 8. The maximum absolute atomic E-state index is 12.7. The topological polar surface area (TPSA) is 50.8 Å². The van der Waals surface area contributed by atoms with E-state index in [0.717, 1.165) is 18.7 Å². The summed E-state index contributed by atoms with van der Waals surface area (Å²) in [6.45, 7) is 4.66. The standard InChI is InChI=1S/C22H34N2O3/c1-26-15-16-27-20-11-9-18(10-12-20)22(25)23-21-8-4-3-7-19(21)17-24-13-5-2-6-14-24/h9-12,19,21H,2-8,13-17H2,1H3,(H,23,25)/t19?,21-/m1/s1. The molecule has 1 aliphatic heterocycles. The molecule has 1 heterocycles. The van der Waals surface area contributed by atoms with Crippen LogP contribution in [0.5, 0.6) is 5.75 Å². The number of hydrogen-bond donors (Lipinski definition) is 1. The average molecular weight is 375 g/mol. The van der Waals surface area contributed by atoms with Crippen molar-refractivity contribution in [2.24, 2.45) is 5.92 Å². The molecule has 2 fully saturated rings. The first-order valence-electron chi connectivity index (χ1n) is 10.5. The number of methoxy groups -OCH3 is 1. The van der Waals surface area contributed by atoms with Crippen LogP contribution in [-0.4, -0.2) is 56.8 Å². The molecule has 5 nitrogen and oxygen atoms in total. The van der Waals surface area contributed by atoms with Crippen LogP contribution in [0.1, 0.15) is 55.3 Å². The van der Waals surface area contributed by atoms with E-state index in [1.54, 1.807) is 7.11 Å². The Morgan fingerprint density at radius 3 is 2.52 bits per heavy atom. The summed E-state index contributed by atoms with van der Waals surface area (Å²) in [5.41, 5.74) is 0.705. The number of benzene rings is 1. The SMILES string of the molecule is COCCOc1ccc(C(=O)N[C@@H]2CCCCC2CN2CCCCC2)cc1. The van der Waals surface area contributed by atoms with E-state index < -0.39 is 0 Å². The molecule has 1 N–H and O–H groups in total. The second-order valence-corrected chi connectivity index (χ2v) is 7.85. The molecule has 1 saturated heterocycles. The van der Waals surface area contributed by atoms with E-state index in [1.165, 1.54) is 51.6 Å². The number of hydrogen-bond acceptors (Lipinski definition) is 4. The molecule has 3 rings (SSSR count). The monoisotopic (exact) mass is 374 g/mol. The molecule has 2 atom stereocenters. The van der Waals surface area contributed by atoms with Crippen LogP contribution in [0.2, 0.25) is 0 Å². The molecule has 27 heavy (non-hydrogen) atoms. The van der Waals surface area contributed by atoms with Crippen molar-refractivity contribution >= 4 is 5.91 Å². The van der Waals surface area contributed by atoms with Crippen molar-refractivity contribution in [1.82, 2.24) is 10.2 Å². The first kappa shape index (κ1) is 20.2. The molecule has 1 aromatic rings. The molecule has 1 amide bonds. The second kappa shape index (κ2) is 10.7. The van der Waals surface area contributed by atoms with Gasteiger partial charge >= 0.3 is 0 Å². The highest BCUT2D eigenvalue weighted by molar-refractivity contribution is 5.94. The van der Waals surface area contributed by atoms with Gasteiger partial charge in [0.15, 0.2) is 0 Å². The zero-order valence-corrected chi connectivity index (χ0v) is 16.6. The van der Waals surface area contributed by atoms with Gasteiger partial charge in [-0.05, 0) is 69.0 Å². The summed E-state index contributed by atoms with van der Waals surface area (Å²) in [4.78, 5) is 15.3. The van der Waals surface area contributed by atoms with Crippen molar-refractivity contribution in [2.45, 2.75) is 51.0 Å². The molecule has 1 unspecified atom stereocenters. The maximum Gasteiger partial charge on any atom is 0.251 e. The van der Waals surface area contributed by atoms with Gasteiger partial charge in [0.05, 0.1) is 6.61 Å². The van der Waals surface area contributed by atoms with E-state index in [-0.39, 0.29) is 5.91 Å². The quantitative estimate of drug-likeness (QED) is 0.708. The fourth-order valence-corrected chi connectivity index (χ4v) is 4.29. The normalized spacial score (nSPS) is 23.7. The molecule has 0 aromatic heterocycles. The van der Waals surface area contributed by atoms with E-state index in [4.69, 9.17) is 9.47 Å². The third-order valence-corrected chi connectivity index (χ3v) is 5.84. The van der Waals surface area contributed by atoms with Crippen molar-refractivity contribution < 1.29 is 14.3 Å². The molecule has 0 radical (unpaired) electrons. The molecule has 150 valence electrons. The number of nitrogens with zero attached hydrogens (tertiary/aromatic N) is 1. The molecule has 2 aliphatic rings. The van der Waals surface area contributed by atoms with Crippen molar-refractivity contribution in [1.29, 1.82) is 0 Å². The largest absolute Gasteiger partial charge is 0.491 e. The van der Waals surface area contributed by atoms with Crippen LogP contribution in [0.25, 0.3) is 0 Å². The van der Waals surface area contributed by atoms with Gasteiger partial charge in [-0.25, -0.2) is 0 Å². The van der Waals surface area contributed by atoms with Crippen molar-refractivity contribution in [3.63, 3.8) is 0 Å². The highest BCUT2D eigenvalue weighted by Gasteiger charge is 2.28. The maximum atomic E-state index is 12.7. The summed E-state index contributed by atoms with van der Waals surface area (Å²) >= 11 is 0. The lowest BCUT2D eigenvalue weighted by Gasteiger charge is -2.37. The molecule has 0 spiro atoms. The summed E-state index contributed by atoms with van der Waals surface area (Å²) in [6.07, 6.45) is 8.85. The van der Waals surface area contributed by atoms with E-state index in [0.29, 0.717) is 30.7 Å². The van der Waals surface area contributed by atoms with Gasteiger partial charge in [-0.3, -0.25) is 4.79 Å². The summed E-state index contributed by atoms with van der Waals surface area (Å²) < 4.78 is 10.6. The molecular weight excluding hydrogens is 340 g/mol. The summed E-state index contributed by atoms with van der Waals surface area (Å²) in [5.74, 6) is 1.38. The number of carbonyl (C=O) groups is 1. The summed E-state index contributed by atoms with van der Waals surface area (Å²) in [5, 5.41) is 3.32. The number of amides is 1. The van der Waals surface area contributed by atoms with Crippen molar-refractivity contribution in [2.75, 3.05) is 40.0 Å². The third-order valence-electron chi connectivity index (χ3n) is 5.84. The van der Waals surface area contributed by atoms with Crippen molar-refractivity contribution in [3.8, 4) is 5.75 Å². The van der Waals surface area contributed by atoms with Gasteiger partial charge in [-0.1, -0.05) is 19.3 Å². The fraction of sp³-hybridized carbons (Fsp3) is 0.682. The third kappa shape index (κ3) is 6.22. The van der Waals surface area contributed by atoms with Crippen LogP contribution >= 0.6 is 0 Å². The Balaban J connectivity index is 1.52. The zero-order chi connectivity index (χ0) is 18.9. The molecular formula is C22H34N2O3. The highest BCUT2D eigenvalue weighted by Crippen LogP contribution is 2.27. The van der Waals surface area contributed by atoms with E-state index in [1.807, 2.05) is 24.3 Å².